The summed E-state index contributed by atoms with van der Waals surface area (Å²) < 4.78 is 19.2. The third-order valence-electron chi connectivity index (χ3n) is 4.95. The maximum absolute atomic E-state index is 13.5. The summed E-state index contributed by atoms with van der Waals surface area (Å²) in [5.41, 5.74) is 1.37. The van der Waals surface area contributed by atoms with Gasteiger partial charge in [-0.1, -0.05) is 23.5 Å². The molecule has 0 N–H and O–H groups in total. The van der Waals surface area contributed by atoms with Gasteiger partial charge in [-0.15, -0.1) is 0 Å². The molecule has 9 heteroatoms. The molecule has 0 aliphatic carbocycles. The van der Waals surface area contributed by atoms with Crippen LogP contribution in [0.15, 0.2) is 66.5 Å². The minimum Gasteiger partial charge on any atom is -0.491 e. The van der Waals surface area contributed by atoms with Gasteiger partial charge in [0, 0.05) is 6.08 Å². The number of allylic oxidation sites excluding steroid dienone is 1. The number of ether oxygens (including phenoxy) is 2. The standard InChI is InChI=1S/C24H23BrN2O5S/c1-5-30-23(29)20-14(4)26-24-27(21(20)15-6-8-16(9-7-15)31-13(2)3)22(28)18(33-24)12-17-10-11-19(25)32-17/h6-13,21H,5H2,1-4H3. The second-order valence-corrected chi connectivity index (χ2v) is 9.47. The summed E-state index contributed by atoms with van der Waals surface area (Å²) in [5, 5.41) is 0. The van der Waals surface area contributed by atoms with Gasteiger partial charge in [-0.25, -0.2) is 9.79 Å². The lowest BCUT2D eigenvalue weighted by molar-refractivity contribution is -0.139. The van der Waals surface area contributed by atoms with Crippen molar-refractivity contribution < 1.29 is 18.7 Å². The zero-order chi connectivity index (χ0) is 23.7. The molecule has 4 rings (SSSR count). The Morgan fingerprint density at radius 2 is 2.00 bits per heavy atom. The van der Waals surface area contributed by atoms with Gasteiger partial charge in [0.15, 0.2) is 9.47 Å². The van der Waals surface area contributed by atoms with E-state index in [1.807, 2.05) is 38.1 Å². The molecule has 1 aliphatic rings. The average molecular weight is 531 g/mol. The Balaban J connectivity index is 1.89. The van der Waals surface area contributed by atoms with Crippen LogP contribution in [-0.2, 0) is 9.53 Å². The van der Waals surface area contributed by atoms with E-state index in [-0.39, 0.29) is 18.3 Å². The first-order valence-electron chi connectivity index (χ1n) is 10.5. The largest absolute Gasteiger partial charge is 0.491 e. The summed E-state index contributed by atoms with van der Waals surface area (Å²) in [6, 6.07) is 10.3. The first-order valence-corrected chi connectivity index (χ1v) is 12.1. The fourth-order valence-corrected chi connectivity index (χ4v) is 4.99. The van der Waals surface area contributed by atoms with Gasteiger partial charge in [-0.05, 0) is 73.5 Å². The summed E-state index contributed by atoms with van der Waals surface area (Å²) in [6.07, 6.45) is 1.71. The Morgan fingerprint density at radius 1 is 1.27 bits per heavy atom. The second-order valence-electron chi connectivity index (χ2n) is 7.68. The van der Waals surface area contributed by atoms with Gasteiger partial charge < -0.3 is 13.9 Å². The molecule has 172 valence electrons. The van der Waals surface area contributed by atoms with Crippen molar-refractivity contribution >= 4 is 39.3 Å². The van der Waals surface area contributed by atoms with Crippen molar-refractivity contribution in [2.24, 2.45) is 4.99 Å². The van der Waals surface area contributed by atoms with Crippen LogP contribution in [0.25, 0.3) is 6.08 Å². The number of thiazole rings is 1. The SMILES string of the molecule is CCOC(=O)C1=C(C)N=c2sc(=Cc3ccc(Br)o3)c(=O)n2C1c1ccc(OC(C)C)cc1. The van der Waals surface area contributed by atoms with Gasteiger partial charge in [0.05, 0.1) is 34.6 Å². The second kappa shape index (κ2) is 9.52. The molecule has 2 aromatic heterocycles. The number of hydrogen-bond acceptors (Lipinski definition) is 7. The van der Waals surface area contributed by atoms with Crippen LogP contribution in [0.1, 0.15) is 45.1 Å². The van der Waals surface area contributed by atoms with Crippen molar-refractivity contribution in [1.82, 2.24) is 4.57 Å². The van der Waals surface area contributed by atoms with Crippen molar-refractivity contribution in [3.8, 4) is 5.75 Å². The number of fused-ring (bicyclic) bond motifs is 1. The number of nitrogens with zero attached hydrogens (tertiary/aromatic N) is 2. The van der Waals surface area contributed by atoms with E-state index >= 15 is 0 Å². The Morgan fingerprint density at radius 3 is 2.61 bits per heavy atom. The molecule has 1 aliphatic heterocycles. The van der Waals surface area contributed by atoms with Crippen molar-refractivity contribution in [3.63, 3.8) is 0 Å². The number of carbonyl (C=O) groups excluding carboxylic acids is 1. The summed E-state index contributed by atoms with van der Waals surface area (Å²) in [4.78, 5) is 31.5. The summed E-state index contributed by atoms with van der Waals surface area (Å²) >= 11 is 4.52. The molecular formula is C24H23BrN2O5S. The van der Waals surface area contributed by atoms with Gasteiger partial charge in [-0.3, -0.25) is 9.36 Å². The highest BCUT2D eigenvalue weighted by Gasteiger charge is 2.33. The molecule has 0 bridgehead atoms. The van der Waals surface area contributed by atoms with Crippen LogP contribution in [0.5, 0.6) is 5.75 Å². The van der Waals surface area contributed by atoms with E-state index in [1.54, 1.807) is 36.6 Å². The van der Waals surface area contributed by atoms with Crippen molar-refractivity contribution in [2.45, 2.75) is 39.8 Å². The minimum atomic E-state index is -0.668. The van der Waals surface area contributed by atoms with Crippen LogP contribution in [-0.4, -0.2) is 23.2 Å². The molecule has 1 atom stereocenters. The van der Waals surface area contributed by atoms with E-state index in [2.05, 4.69) is 20.9 Å². The zero-order valence-electron chi connectivity index (χ0n) is 18.6. The molecule has 1 aromatic carbocycles. The maximum Gasteiger partial charge on any atom is 0.338 e. The highest BCUT2D eigenvalue weighted by Crippen LogP contribution is 2.31. The fourth-order valence-electron chi connectivity index (χ4n) is 3.64. The number of esters is 1. The number of halogens is 1. The van der Waals surface area contributed by atoms with E-state index in [4.69, 9.17) is 13.9 Å². The van der Waals surface area contributed by atoms with E-state index in [9.17, 15) is 9.59 Å². The Labute approximate surface area is 202 Å². The first-order chi connectivity index (χ1) is 15.8. The molecular weight excluding hydrogens is 508 g/mol. The molecule has 0 saturated heterocycles. The highest BCUT2D eigenvalue weighted by atomic mass is 79.9. The maximum atomic E-state index is 13.5. The molecule has 3 heterocycles. The van der Waals surface area contributed by atoms with Gasteiger partial charge in [0.2, 0.25) is 0 Å². The zero-order valence-corrected chi connectivity index (χ0v) is 21.0. The molecule has 3 aromatic rings. The first kappa shape index (κ1) is 23.3. The van der Waals surface area contributed by atoms with Crippen LogP contribution >= 0.6 is 27.3 Å². The van der Waals surface area contributed by atoms with Gasteiger partial charge >= 0.3 is 5.97 Å². The molecule has 1 unspecified atom stereocenters. The quantitative estimate of drug-likeness (QED) is 0.450. The number of hydrogen-bond donors (Lipinski definition) is 0. The molecule has 0 radical (unpaired) electrons. The normalized spacial score (nSPS) is 16.1. The van der Waals surface area contributed by atoms with Crippen LogP contribution in [0, 0.1) is 0 Å². The third kappa shape index (κ3) is 4.74. The number of carbonyl (C=O) groups is 1. The smallest absolute Gasteiger partial charge is 0.338 e. The van der Waals surface area contributed by atoms with Gasteiger partial charge in [-0.2, -0.15) is 0 Å². The number of rotatable bonds is 6. The van der Waals surface area contributed by atoms with Crippen LogP contribution < -0.4 is 19.6 Å². The van der Waals surface area contributed by atoms with E-state index < -0.39 is 12.0 Å². The lowest BCUT2D eigenvalue weighted by Gasteiger charge is -2.25. The summed E-state index contributed by atoms with van der Waals surface area (Å²) in [6.45, 7) is 7.64. The van der Waals surface area contributed by atoms with Crippen molar-refractivity contribution in [2.75, 3.05) is 6.61 Å². The molecule has 33 heavy (non-hydrogen) atoms. The van der Waals surface area contributed by atoms with Crippen molar-refractivity contribution in [1.29, 1.82) is 0 Å². The van der Waals surface area contributed by atoms with Gasteiger partial charge in [0.25, 0.3) is 5.56 Å². The minimum absolute atomic E-state index is 0.0346. The highest BCUT2D eigenvalue weighted by molar-refractivity contribution is 9.10. The van der Waals surface area contributed by atoms with Gasteiger partial charge in [0.1, 0.15) is 11.5 Å². The van der Waals surface area contributed by atoms with Crippen LogP contribution in [0.3, 0.4) is 0 Å². The van der Waals surface area contributed by atoms with Crippen molar-refractivity contribution in [3.05, 3.63) is 83.3 Å². The van der Waals surface area contributed by atoms with Crippen LogP contribution in [0.2, 0.25) is 0 Å². The molecule has 0 spiro atoms. The monoisotopic (exact) mass is 530 g/mol. The predicted molar refractivity (Wildman–Crippen MR) is 129 cm³/mol. The Hall–Kier alpha value is -2.91. The number of benzene rings is 1. The Kier molecular flexibility index (Phi) is 6.71. The number of furan rings is 1. The third-order valence-corrected chi connectivity index (χ3v) is 6.36. The lowest BCUT2D eigenvalue weighted by Crippen LogP contribution is -2.39. The molecule has 0 saturated carbocycles. The fraction of sp³-hybridized carbons (Fsp3) is 0.292. The van der Waals surface area contributed by atoms with Crippen LogP contribution in [0.4, 0.5) is 0 Å². The van der Waals surface area contributed by atoms with E-state index in [1.165, 1.54) is 11.3 Å². The molecule has 0 fully saturated rings. The summed E-state index contributed by atoms with van der Waals surface area (Å²) in [5.74, 6) is 0.763. The average Bonchev–Trinajstić information content (AvgIpc) is 3.30. The number of aromatic nitrogens is 1. The van der Waals surface area contributed by atoms with E-state index in [0.717, 1.165) is 5.56 Å². The topological polar surface area (TPSA) is 83.0 Å². The summed E-state index contributed by atoms with van der Waals surface area (Å²) in [7, 11) is 0. The molecule has 0 amide bonds. The van der Waals surface area contributed by atoms with E-state index in [0.29, 0.717) is 36.8 Å². The molecule has 7 nitrogen and oxygen atoms in total. The predicted octanol–water partition coefficient (Wildman–Crippen LogP) is 3.94. The Bertz CT molecular complexity index is 1400. The lowest BCUT2D eigenvalue weighted by atomic mass is 9.96.